The highest BCUT2D eigenvalue weighted by molar-refractivity contribution is 8.18. The first kappa shape index (κ1) is 20.7. The van der Waals surface area contributed by atoms with Crippen molar-refractivity contribution in [2.45, 2.75) is 25.1 Å². The summed E-state index contributed by atoms with van der Waals surface area (Å²) < 4.78 is 39.5. The van der Waals surface area contributed by atoms with Gasteiger partial charge in [-0.1, -0.05) is 0 Å². The largest absolute Gasteiger partial charge is 0.416 e. The van der Waals surface area contributed by atoms with Crippen LogP contribution in [0.5, 0.6) is 0 Å². The van der Waals surface area contributed by atoms with Crippen LogP contribution < -0.4 is 21.3 Å². The fourth-order valence-corrected chi connectivity index (χ4v) is 3.92. The lowest BCUT2D eigenvalue weighted by Crippen LogP contribution is -2.34. The topological polar surface area (TPSA) is 87.5 Å². The Balaban J connectivity index is 1.87. The molecular formula is C18H21F3N4O2S. The molecule has 1 aromatic rings. The van der Waals surface area contributed by atoms with Gasteiger partial charge in [-0.3, -0.25) is 14.9 Å². The van der Waals surface area contributed by atoms with Gasteiger partial charge in [0.2, 0.25) is 0 Å². The van der Waals surface area contributed by atoms with E-state index in [9.17, 15) is 22.8 Å². The SMILES string of the molecule is NCCCNC1CCN(c2ccc(C(F)(F)F)cc2C=C2SC(=O)NC2=O)C1. The molecule has 0 aliphatic carbocycles. The maximum atomic E-state index is 13.2. The van der Waals surface area contributed by atoms with Crippen molar-refractivity contribution in [1.82, 2.24) is 10.6 Å². The van der Waals surface area contributed by atoms with Crippen molar-refractivity contribution in [3.63, 3.8) is 0 Å². The lowest BCUT2D eigenvalue weighted by Gasteiger charge is -2.22. The van der Waals surface area contributed by atoms with Gasteiger partial charge >= 0.3 is 6.18 Å². The van der Waals surface area contributed by atoms with Crippen LogP contribution in [0, 0.1) is 0 Å². The van der Waals surface area contributed by atoms with E-state index < -0.39 is 22.9 Å². The summed E-state index contributed by atoms with van der Waals surface area (Å²) in [7, 11) is 0. The van der Waals surface area contributed by atoms with Crippen molar-refractivity contribution in [3.05, 3.63) is 34.2 Å². The van der Waals surface area contributed by atoms with Crippen molar-refractivity contribution in [3.8, 4) is 0 Å². The van der Waals surface area contributed by atoms with Crippen LogP contribution >= 0.6 is 11.8 Å². The summed E-state index contributed by atoms with van der Waals surface area (Å²) in [6, 6.07) is 3.71. The van der Waals surface area contributed by atoms with Crippen molar-refractivity contribution in [2.24, 2.45) is 5.73 Å². The zero-order valence-electron chi connectivity index (χ0n) is 15.0. The molecule has 3 rings (SSSR count). The maximum Gasteiger partial charge on any atom is 0.416 e. The molecule has 0 saturated carbocycles. The molecule has 2 fully saturated rings. The smallest absolute Gasteiger partial charge is 0.369 e. The number of halogens is 3. The monoisotopic (exact) mass is 414 g/mol. The van der Waals surface area contributed by atoms with E-state index in [0.29, 0.717) is 37.1 Å². The molecule has 2 heterocycles. The van der Waals surface area contributed by atoms with E-state index >= 15 is 0 Å². The zero-order valence-corrected chi connectivity index (χ0v) is 15.8. The van der Waals surface area contributed by atoms with E-state index in [2.05, 4.69) is 10.6 Å². The van der Waals surface area contributed by atoms with Crippen molar-refractivity contribution >= 4 is 34.7 Å². The standard InChI is InChI=1S/C18H21F3N4O2S/c19-18(20,21)12-2-3-14(25-7-4-13(10-25)23-6-1-5-22)11(8-12)9-15-16(26)24-17(27)28-15/h2-3,8-9,13,23H,1,4-7,10,22H2,(H,24,26,27). The van der Waals surface area contributed by atoms with Crippen molar-refractivity contribution in [1.29, 1.82) is 0 Å². The number of hydrogen-bond donors (Lipinski definition) is 3. The number of imide groups is 1. The summed E-state index contributed by atoms with van der Waals surface area (Å²) in [6.45, 7) is 2.71. The molecule has 2 aliphatic rings. The fourth-order valence-electron chi connectivity index (χ4n) is 3.25. The number of thioether (sulfide) groups is 1. The van der Waals surface area contributed by atoms with Crippen LogP contribution in [0.2, 0.25) is 0 Å². The van der Waals surface area contributed by atoms with Gasteiger partial charge in [0, 0.05) is 24.8 Å². The minimum absolute atomic E-state index is 0.0855. The van der Waals surface area contributed by atoms with E-state index in [1.165, 1.54) is 12.1 Å². The fraction of sp³-hybridized carbons (Fsp3) is 0.444. The van der Waals surface area contributed by atoms with Crippen LogP contribution in [-0.4, -0.2) is 43.4 Å². The molecule has 0 radical (unpaired) electrons. The normalized spacial score (nSPS) is 21.6. The third kappa shape index (κ3) is 4.86. The highest BCUT2D eigenvalue weighted by Crippen LogP contribution is 2.36. The zero-order chi connectivity index (χ0) is 20.3. The highest BCUT2D eigenvalue weighted by atomic mass is 32.2. The Kier molecular flexibility index (Phi) is 6.31. The first-order chi connectivity index (χ1) is 13.3. The number of anilines is 1. The highest BCUT2D eigenvalue weighted by Gasteiger charge is 2.33. The van der Waals surface area contributed by atoms with E-state index in [4.69, 9.17) is 5.73 Å². The van der Waals surface area contributed by atoms with Gasteiger partial charge in [0.25, 0.3) is 11.1 Å². The molecule has 6 nitrogen and oxygen atoms in total. The Morgan fingerprint density at radius 2 is 2.14 bits per heavy atom. The average molecular weight is 414 g/mol. The van der Waals surface area contributed by atoms with E-state index in [-0.39, 0.29) is 16.5 Å². The van der Waals surface area contributed by atoms with Crippen LogP contribution in [-0.2, 0) is 11.0 Å². The van der Waals surface area contributed by atoms with Crippen LogP contribution in [0.3, 0.4) is 0 Å². The van der Waals surface area contributed by atoms with Crippen LogP contribution in [0.1, 0.15) is 24.0 Å². The predicted octanol–water partition coefficient (Wildman–Crippen LogP) is 2.55. The third-order valence-electron chi connectivity index (χ3n) is 4.63. The lowest BCUT2D eigenvalue weighted by atomic mass is 10.1. The summed E-state index contributed by atoms with van der Waals surface area (Å²) in [5.41, 5.74) is 5.57. The van der Waals surface area contributed by atoms with Gasteiger partial charge in [-0.15, -0.1) is 0 Å². The molecule has 0 bridgehead atoms. The third-order valence-corrected chi connectivity index (χ3v) is 5.44. The molecule has 1 aromatic carbocycles. The van der Waals surface area contributed by atoms with E-state index in [1.807, 2.05) is 4.90 Å². The van der Waals surface area contributed by atoms with Gasteiger partial charge in [0.1, 0.15) is 0 Å². The van der Waals surface area contributed by atoms with E-state index in [0.717, 1.165) is 31.5 Å². The summed E-state index contributed by atoms with van der Waals surface area (Å²) >= 11 is 0.685. The molecule has 0 spiro atoms. The van der Waals surface area contributed by atoms with E-state index in [1.54, 1.807) is 0 Å². The Labute approximate surface area is 164 Å². The number of amides is 2. The maximum absolute atomic E-state index is 13.2. The second-order valence-electron chi connectivity index (χ2n) is 6.65. The number of hydrogen-bond acceptors (Lipinski definition) is 6. The first-order valence-corrected chi connectivity index (χ1v) is 9.74. The Hall–Kier alpha value is -2.04. The minimum atomic E-state index is -4.50. The number of carbonyl (C=O) groups is 2. The van der Waals surface area contributed by atoms with Crippen molar-refractivity contribution < 1.29 is 22.8 Å². The molecule has 10 heteroatoms. The molecule has 1 unspecified atom stereocenters. The van der Waals surface area contributed by atoms with Gasteiger partial charge in [-0.05, 0) is 67.5 Å². The second kappa shape index (κ2) is 8.54. The number of carbonyl (C=O) groups excluding carboxylic acids is 2. The number of rotatable bonds is 6. The Morgan fingerprint density at radius 1 is 1.36 bits per heavy atom. The molecule has 1 atom stereocenters. The number of nitrogens with zero attached hydrogens (tertiary/aromatic N) is 1. The van der Waals surface area contributed by atoms with Gasteiger partial charge in [0.05, 0.1) is 10.5 Å². The molecule has 2 amide bonds. The minimum Gasteiger partial charge on any atom is -0.369 e. The number of nitrogens with one attached hydrogen (secondary N) is 2. The van der Waals surface area contributed by atoms with Crippen molar-refractivity contribution in [2.75, 3.05) is 31.1 Å². The summed E-state index contributed by atoms with van der Waals surface area (Å²) in [6.07, 6.45) is -1.43. The van der Waals surface area contributed by atoms with Crippen LogP contribution in [0.25, 0.3) is 6.08 Å². The summed E-state index contributed by atoms with van der Waals surface area (Å²) in [4.78, 5) is 25.3. The summed E-state index contributed by atoms with van der Waals surface area (Å²) in [5, 5.41) is 4.98. The van der Waals surface area contributed by atoms with Crippen LogP contribution in [0.15, 0.2) is 23.1 Å². The molecule has 0 aromatic heterocycles. The Morgan fingerprint density at radius 3 is 2.79 bits per heavy atom. The summed E-state index contributed by atoms with van der Waals surface area (Å²) in [5.74, 6) is -0.596. The molecule has 2 aliphatic heterocycles. The number of nitrogens with two attached hydrogens (primary N) is 1. The van der Waals surface area contributed by atoms with Gasteiger partial charge < -0.3 is 16.0 Å². The average Bonchev–Trinajstić information content (AvgIpc) is 3.21. The van der Waals surface area contributed by atoms with Gasteiger partial charge in [-0.25, -0.2) is 0 Å². The number of alkyl halides is 3. The quantitative estimate of drug-likeness (QED) is 0.490. The number of benzene rings is 1. The van der Waals surface area contributed by atoms with Gasteiger partial charge in [-0.2, -0.15) is 13.2 Å². The molecule has 28 heavy (non-hydrogen) atoms. The predicted molar refractivity (Wildman–Crippen MR) is 103 cm³/mol. The molecule has 4 N–H and O–H groups in total. The molecule has 2 saturated heterocycles. The second-order valence-corrected chi connectivity index (χ2v) is 7.67. The first-order valence-electron chi connectivity index (χ1n) is 8.92. The van der Waals surface area contributed by atoms with Crippen LogP contribution in [0.4, 0.5) is 23.7 Å². The molecule has 152 valence electrons. The Bertz CT molecular complexity index is 798. The molecular weight excluding hydrogens is 393 g/mol. The lowest BCUT2D eigenvalue weighted by molar-refractivity contribution is -0.137. The van der Waals surface area contributed by atoms with Gasteiger partial charge in [0.15, 0.2) is 0 Å².